The van der Waals surface area contributed by atoms with E-state index in [0.717, 1.165) is 24.0 Å². The van der Waals surface area contributed by atoms with Gasteiger partial charge in [-0.3, -0.25) is 4.79 Å². The third-order valence-corrected chi connectivity index (χ3v) is 4.83. The molecule has 1 fully saturated rings. The first-order valence-corrected chi connectivity index (χ1v) is 7.65. The van der Waals surface area contributed by atoms with Crippen LogP contribution in [0.3, 0.4) is 0 Å². The summed E-state index contributed by atoms with van der Waals surface area (Å²) in [6.45, 7) is 3.83. The molecule has 120 valence electrons. The second-order valence-electron chi connectivity index (χ2n) is 6.12. The van der Waals surface area contributed by atoms with E-state index in [1.54, 1.807) is 6.07 Å². The average molecular weight is 308 g/mol. The van der Waals surface area contributed by atoms with Crippen LogP contribution in [0.2, 0.25) is 0 Å². The molecule has 22 heavy (non-hydrogen) atoms. The van der Waals surface area contributed by atoms with Gasteiger partial charge in [0.05, 0.1) is 26.2 Å². The summed E-state index contributed by atoms with van der Waals surface area (Å²) in [7, 11) is 1.34. The van der Waals surface area contributed by atoms with Crippen LogP contribution < -0.4 is 0 Å². The normalized spacial score (nSPS) is 23.1. The van der Waals surface area contributed by atoms with E-state index in [1.165, 1.54) is 13.2 Å². The second kappa shape index (κ2) is 5.97. The molecule has 0 bridgehead atoms. The number of carbonyl (C=O) groups is 1. The van der Waals surface area contributed by atoms with Gasteiger partial charge in [-0.25, -0.2) is 4.39 Å². The van der Waals surface area contributed by atoms with Crippen molar-refractivity contribution in [2.24, 2.45) is 0 Å². The number of rotatable bonds is 2. The smallest absolute Gasteiger partial charge is 0.309 e. The minimum atomic E-state index is -0.369. The highest BCUT2D eigenvalue weighted by molar-refractivity contribution is 5.73. The highest BCUT2D eigenvalue weighted by atomic mass is 19.1. The lowest BCUT2D eigenvalue weighted by Gasteiger charge is -2.44. The van der Waals surface area contributed by atoms with Gasteiger partial charge in [-0.15, -0.1) is 0 Å². The predicted molar refractivity (Wildman–Crippen MR) is 78.2 cm³/mol. The molecular weight excluding hydrogens is 287 g/mol. The Morgan fingerprint density at radius 2 is 2.14 bits per heavy atom. The highest BCUT2D eigenvalue weighted by Gasteiger charge is 2.42. The SMILES string of the molecule is COC(=O)Cc1cc(F)cc2c1[C@@H](C)OCC21CCOCC1. The maximum atomic E-state index is 14.2. The fourth-order valence-corrected chi connectivity index (χ4v) is 3.59. The van der Waals surface area contributed by atoms with Gasteiger partial charge in [-0.05, 0) is 48.6 Å². The third kappa shape index (κ3) is 2.63. The number of benzene rings is 1. The molecule has 0 N–H and O–H groups in total. The summed E-state index contributed by atoms with van der Waals surface area (Å²) in [5.74, 6) is -0.677. The van der Waals surface area contributed by atoms with Crippen LogP contribution in [0.15, 0.2) is 12.1 Å². The number of ether oxygens (including phenoxy) is 3. The maximum Gasteiger partial charge on any atom is 0.309 e. The van der Waals surface area contributed by atoms with Gasteiger partial charge in [0.1, 0.15) is 5.82 Å². The molecule has 1 aromatic rings. The molecule has 0 aliphatic carbocycles. The summed E-state index contributed by atoms with van der Waals surface area (Å²) in [6, 6.07) is 3.04. The minimum absolute atomic E-state index is 0.0663. The van der Waals surface area contributed by atoms with Crippen LogP contribution in [-0.2, 0) is 30.8 Å². The van der Waals surface area contributed by atoms with Gasteiger partial charge in [0.15, 0.2) is 0 Å². The van der Waals surface area contributed by atoms with Crippen molar-refractivity contribution in [3.8, 4) is 0 Å². The van der Waals surface area contributed by atoms with Gasteiger partial charge in [0.2, 0.25) is 0 Å². The summed E-state index contributed by atoms with van der Waals surface area (Å²) >= 11 is 0. The molecule has 1 aromatic carbocycles. The summed E-state index contributed by atoms with van der Waals surface area (Å²) in [5, 5.41) is 0. The Hall–Kier alpha value is -1.46. The Bertz CT molecular complexity index is 578. The molecule has 5 heteroatoms. The fourth-order valence-electron chi connectivity index (χ4n) is 3.59. The average Bonchev–Trinajstić information content (AvgIpc) is 2.52. The largest absolute Gasteiger partial charge is 0.469 e. The molecule has 1 atom stereocenters. The molecule has 2 aliphatic heterocycles. The molecule has 2 aliphatic rings. The Morgan fingerprint density at radius 3 is 2.82 bits per heavy atom. The summed E-state index contributed by atoms with van der Waals surface area (Å²) in [5.41, 5.74) is 2.39. The minimum Gasteiger partial charge on any atom is -0.469 e. The lowest BCUT2D eigenvalue weighted by molar-refractivity contribution is -0.139. The van der Waals surface area contributed by atoms with Gasteiger partial charge in [0.25, 0.3) is 0 Å². The van der Waals surface area contributed by atoms with Crippen molar-refractivity contribution in [2.45, 2.75) is 37.7 Å². The van der Waals surface area contributed by atoms with Gasteiger partial charge >= 0.3 is 5.97 Å². The lowest BCUT2D eigenvalue weighted by Crippen LogP contribution is -2.43. The number of hydrogen-bond donors (Lipinski definition) is 0. The van der Waals surface area contributed by atoms with E-state index >= 15 is 0 Å². The van der Waals surface area contributed by atoms with Crippen molar-refractivity contribution in [3.63, 3.8) is 0 Å². The van der Waals surface area contributed by atoms with Crippen molar-refractivity contribution < 1.29 is 23.4 Å². The quantitative estimate of drug-likeness (QED) is 0.788. The van der Waals surface area contributed by atoms with Crippen molar-refractivity contribution in [3.05, 3.63) is 34.6 Å². The van der Waals surface area contributed by atoms with Gasteiger partial charge < -0.3 is 14.2 Å². The number of esters is 1. The molecule has 3 rings (SSSR count). The zero-order chi connectivity index (χ0) is 15.7. The van der Waals surface area contributed by atoms with E-state index in [0.29, 0.717) is 25.4 Å². The molecule has 0 radical (unpaired) electrons. The highest BCUT2D eigenvalue weighted by Crippen LogP contribution is 2.45. The molecule has 1 saturated heterocycles. The molecule has 0 aromatic heterocycles. The van der Waals surface area contributed by atoms with Crippen molar-refractivity contribution in [1.29, 1.82) is 0 Å². The summed E-state index contributed by atoms with van der Waals surface area (Å²) in [6.07, 6.45) is 1.54. The zero-order valence-corrected chi connectivity index (χ0v) is 13.0. The van der Waals surface area contributed by atoms with Crippen molar-refractivity contribution in [1.82, 2.24) is 0 Å². The van der Waals surface area contributed by atoms with E-state index < -0.39 is 0 Å². The standard InChI is InChI=1S/C17H21FO4/c1-11-16-12(8-15(19)20-2)7-13(18)9-14(16)17(10-22-11)3-5-21-6-4-17/h7,9,11H,3-6,8,10H2,1-2H3/t11-/m1/s1. The number of hydrogen-bond acceptors (Lipinski definition) is 4. The zero-order valence-electron chi connectivity index (χ0n) is 13.0. The van der Waals surface area contributed by atoms with Crippen LogP contribution in [0.5, 0.6) is 0 Å². The molecule has 0 unspecified atom stereocenters. The third-order valence-electron chi connectivity index (χ3n) is 4.83. The van der Waals surface area contributed by atoms with Crippen LogP contribution >= 0.6 is 0 Å². The first kappa shape index (κ1) is 15.4. The first-order valence-electron chi connectivity index (χ1n) is 7.65. The van der Waals surface area contributed by atoms with Crippen LogP contribution in [-0.4, -0.2) is 32.9 Å². The topological polar surface area (TPSA) is 44.8 Å². The molecule has 0 amide bonds. The number of carbonyl (C=O) groups excluding carboxylic acids is 1. The van der Waals surface area contributed by atoms with E-state index in [2.05, 4.69) is 0 Å². The van der Waals surface area contributed by atoms with Crippen molar-refractivity contribution >= 4 is 5.97 Å². The number of fused-ring (bicyclic) bond motifs is 2. The van der Waals surface area contributed by atoms with Crippen LogP contribution in [0.25, 0.3) is 0 Å². The number of methoxy groups -OCH3 is 1. The second-order valence-corrected chi connectivity index (χ2v) is 6.12. The summed E-state index contributed by atoms with van der Waals surface area (Å²) in [4.78, 5) is 11.6. The Labute approximate surface area is 129 Å². The molecule has 2 heterocycles. The van der Waals surface area contributed by atoms with Crippen LogP contribution in [0.4, 0.5) is 4.39 Å². The van der Waals surface area contributed by atoms with Crippen molar-refractivity contribution in [2.75, 3.05) is 26.9 Å². The van der Waals surface area contributed by atoms with Crippen LogP contribution in [0.1, 0.15) is 42.6 Å². The summed E-state index contributed by atoms with van der Waals surface area (Å²) < 4.78 is 30.3. The fraction of sp³-hybridized carbons (Fsp3) is 0.588. The van der Waals surface area contributed by atoms with E-state index in [4.69, 9.17) is 14.2 Å². The molecule has 4 nitrogen and oxygen atoms in total. The van der Waals surface area contributed by atoms with Crippen LogP contribution in [0, 0.1) is 5.82 Å². The van der Waals surface area contributed by atoms with Gasteiger partial charge in [-0.1, -0.05) is 0 Å². The predicted octanol–water partition coefficient (Wildman–Crippen LogP) is 2.68. The Kier molecular flexibility index (Phi) is 4.19. The van der Waals surface area contributed by atoms with E-state index in [9.17, 15) is 9.18 Å². The first-order chi connectivity index (χ1) is 10.6. The molecule has 1 spiro atoms. The molecule has 0 saturated carbocycles. The van der Waals surface area contributed by atoms with Gasteiger partial charge in [-0.2, -0.15) is 0 Å². The molecular formula is C17H21FO4. The Balaban J connectivity index is 2.10. The monoisotopic (exact) mass is 308 g/mol. The Morgan fingerprint density at radius 1 is 1.41 bits per heavy atom. The van der Waals surface area contributed by atoms with E-state index in [1.807, 2.05) is 6.92 Å². The lowest BCUT2D eigenvalue weighted by atomic mass is 9.70. The number of halogens is 1. The van der Waals surface area contributed by atoms with E-state index in [-0.39, 0.29) is 29.7 Å². The van der Waals surface area contributed by atoms with Gasteiger partial charge in [0, 0.05) is 18.6 Å². The maximum absolute atomic E-state index is 14.2.